The summed E-state index contributed by atoms with van der Waals surface area (Å²) >= 11 is 0. The van der Waals surface area contributed by atoms with Gasteiger partial charge in [-0.1, -0.05) is 0 Å². The van der Waals surface area contributed by atoms with Crippen molar-refractivity contribution in [3.8, 4) is 5.75 Å². The highest BCUT2D eigenvalue weighted by Crippen LogP contribution is 2.11. The summed E-state index contributed by atoms with van der Waals surface area (Å²) in [5, 5.41) is 7.01. The Morgan fingerprint density at radius 3 is 2.68 bits per heavy atom. The predicted molar refractivity (Wildman–Crippen MR) is 72.1 cm³/mol. The van der Waals surface area contributed by atoms with Crippen LogP contribution in [0.5, 0.6) is 5.75 Å². The second-order valence-electron chi connectivity index (χ2n) is 4.12. The molecule has 0 radical (unpaired) electrons. The molecule has 2 aromatic rings. The van der Waals surface area contributed by atoms with Crippen molar-refractivity contribution in [2.45, 2.75) is 20.0 Å². The van der Waals surface area contributed by atoms with Gasteiger partial charge >= 0.3 is 0 Å². The molecule has 0 aliphatic rings. The minimum absolute atomic E-state index is 0.105. The molecule has 1 amide bonds. The summed E-state index contributed by atoms with van der Waals surface area (Å²) in [6.07, 6.45) is 3.69. The Kier molecular flexibility index (Phi) is 4.18. The molecule has 0 spiro atoms. The number of nitrogens with one attached hydrogen (secondary N) is 1. The quantitative estimate of drug-likeness (QED) is 0.891. The van der Waals surface area contributed by atoms with Crippen LogP contribution in [0.4, 0.5) is 0 Å². The van der Waals surface area contributed by atoms with Gasteiger partial charge < -0.3 is 10.1 Å². The first kappa shape index (κ1) is 13.1. The van der Waals surface area contributed by atoms with E-state index < -0.39 is 0 Å². The molecule has 0 unspecified atom stereocenters. The number of carbonyl (C=O) groups excluding carboxylic acids is 1. The van der Waals surface area contributed by atoms with Crippen LogP contribution in [0.2, 0.25) is 0 Å². The van der Waals surface area contributed by atoms with Crippen LogP contribution in [-0.4, -0.2) is 22.8 Å². The fourth-order valence-corrected chi connectivity index (χ4v) is 1.70. The van der Waals surface area contributed by atoms with Gasteiger partial charge in [0.2, 0.25) is 0 Å². The lowest BCUT2D eigenvalue weighted by Gasteiger charge is -2.04. The smallest absolute Gasteiger partial charge is 0.251 e. The molecule has 0 saturated heterocycles. The Hall–Kier alpha value is -2.30. The first-order valence-electron chi connectivity index (χ1n) is 6.16. The van der Waals surface area contributed by atoms with E-state index in [9.17, 15) is 4.79 Å². The maximum Gasteiger partial charge on any atom is 0.251 e. The number of ether oxygens (including phenoxy) is 1. The molecule has 0 fully saturated rings. The highest BCUT2D eigenvalue weighted by atomic mass is 16.5. The van der Waals surface area contributed by atoms with Gasteiger partial charge in [0, 0.05) is 30.4 Å². The third-order valence-corrected chi connectivity index (χ3v) is 2.82. The second-order valence-corrected chi connectivity index (χ2v) is 4.12. The molecule has 2 rings (SSSR count). The van der Waals surface area contributed by atoms with E-state index in [0.29, 0.717) is 12.1 Å². The fourth-order valence-electron chi connectivity index (χ4n) is 1.70. The minimum atomic E-state index is -0.105. The number of benzene rings is 1. The lowest BCUT2D eigenvalue weighted by molar-refractivity contribution is 0.0951. The number of rotatable bonds is 5. The van der Waals surface area contributed by atoms with Crippen LogP contribution in [0.15, 0.2) is 36.7 Å². The van der Waals surface area contributed by atoms with E-state index in [1.54, 1.807) is 37.6 Å². The largest absolute Gasteiger partial charge is 0.497 e. The SMILES string of the molecule is CCn1cc(CNC(=O)c2ccc(OC)cc2)cn1. The molecule has 1 aromatic carbocycles. The molecule has 0 aliphatic heterocycles. The van der Waals surface area contributed by atoms with Crippen LogP contribution in [0.25, 0.3) is 0 Å². The van der Waals surface area contributed by atoms with Gasteiger partial charge in [0.1, 0.15) is 5.75 Å². The molecule has 19 heavy (non-hydrogen) atoms. The molecule has 1 N–H and O–H groups in total. The van der Waals surface area contributed by atoms with Gasteiger partial charge in [-0.15, -0.1) is 0 Å². The topological polar surface area (TPSA) is 56.2 Å². The second kappa shape index (κ2) is 6.04. The monoisotopic (exact) mass is 259 g/mol. The first-order valence-corrected chi connectivity index (χ1v) is 6.16. The summed E-state index contributed by atoms with van der Waals surface area (Å²) < 4.78 is 6.88. The Morgan fingerprint density at radius 2 is 2.11 bits per heavy atom. The number of methoxy groups -OCH3 is 1. The molecule has 0 aliphatic carbocycles. The van der Waals surface area contributed by atoms with Gasteiger partial charge in [-0.05, 0) is 31.2 Å². The third-order valence-electron chi connectivity index (χ3n) is 2.82. The number of aromatic nitrogens is 2. The predicted octanol–water partition coefficient (Wildman–Crippen LogP) is 1.84. The summed E-state index contributed by atoms with van der Waals surface area (Å²) in [6.45, 7) is 3.32. The fraction of sp³-hybridized carbons (Fsp3) is 0.286. The van der Waals surface area contributed by atoms with Crippen LogP contribution >= 0.6 is 0 Å². The van der Waals surface area contributed by atoms with E-state index in [2.05, 4.69) is 10.4 Å². The number of amides is 1. The standard InChI is InChI=1S/C14H17N3O2/c1-3-17-10-11(9-16-17)8-15-14(18)12-4-6-13(19-2)7-5-12/h4-7,9-10H,3,8H2,1-2H3,(H,15,18). The van der Waals surface area contributed by atoms with E-state index in [4.69, 9.17) is 4.74 Å². The Bertz CT molecular complexity index is 546. The summed E-state index contributed by atoms with van der Waals surface area (Å²) in [5.74, 6) is 0.632. The Morgan fingerprint density at radius 1 is 1.37 bits per heavy atom. The number of aryl methyl sites for hydroxylation is 1. The van der Waals surface area contributed by atoms with Crippen LogP contribution in [0.1, 0.15) is 22.8 Å². The molecule has 1 aromatic heterocycles. The number of nitrogens with zero attached hydrogens (tertiary/aromatic N) is 2. The highest BCUT2D eigenvalue weighted by Gasteiger charge is 2.06. The van der Waals surface area contributed by atoms with Gasteiger partial charge in [-0.3, -0.25) is 9.48 Å². The average molecular weight is 259 g/mol. The van der Waals surface area contributed by atoms with Crippen molar-refractivity contribution in [3.05, 3.63) is 47.8 Å². The lowest BCUT2D eigenvalue weighted by Crippen LogP contribution is -2.22. The van der Waals surface area contributed by atoms with Gasteiger partial charge in [0.15, 0.2) is 0 Å². The lowest BCUT2D eigenvalue weighted by atomic mass is 10.2. The van der Waals surface area contributed by atoms with Gasteiger partial charge in [0.05, 0.1) is 13.3 Å². The van der Waals surface area contributed by atoms with Crippen molar-refractivity contribution >= 4 is 5.91 Å². The molecule has 1 heterocycles. The molecule has 0 atom stereocenters. The summed E-state index contributed by atoms with van der Waals surface area (Å²) in [4.78, 5) is 11.9. The average Bonchev–Trinajstić information content (AvgIpc) is 2.93. The van der Waals surface area contributed by atoms with Crippen LogP contribution < -0.4 is 10.1 Å². The Labute approximate surface area is 112 Å². The normalized spacial score (nSPS) is 10.2. The van der Waals surface area contributed by atoms with Gasteiger partial charge in [0.25, 0.3) is 5.91 Å². The highest BCUT2D eigenvalue weighted by molar-refractivity contribution is 5.94. The van der Waals surface area contributed by atoms with Gasteiger partial charge in [-0.25, -0.2) is 0 Å². The zero-order chi connectivity index (χ0) is 13.7. The number of carbonyl (C=O) groups is 1. The summed E-state index contributed by atoms with van der Waals surface area (Å²) in [5.41, 5.74) is 1.60. The first-order chi connectivity index (χ1) is 9.22. The van der Waals surface area contributed by atoms with Crippen LogP contribution in [-0.2, 0) is 13.1 Å². The van der Waals surface area contributed by atoms with Crippen molar-refractivity contribution in [3.63, 3.8) is 0 Å². The summed E-state index contributed by atoms with van der Waals surface area (Å²) in [7, 11) is 1.60. The molecule has 100 valence electrons. The van der Waals surface area contributed by atoms with E-state index >= 15 is 0 Å². The van der Waals surface area contributed by atoms with Crippen LogP contribution in [0.3, 0.4) is 0 Å². The van der Waals surface area contributed by atoms with E-state index in [-0.39, 0.29) is 5.91 Å². The molecular weight excluding hydrogens is 242 g/mol. The Balaban J connectivity index is 1.93. The maximum atomic E-state index is 11.9. The minimum Gasteiger partial charge on any atom is -0.497 e. The van der Waals surface area contributed by atoms with E-state index in [1.807, 2.05) is 17.8 Å². The summed E-state index contributed by atoms with van der Waals surface area (Å²) in [6, 6.07) is 7.02. The van der Waals surface area contributed by atoms with Crippen LogP contribution in [0, 0.1) is 0 Å². The molecule has 5 nitrogen and oxygen atoms in total. The molecular formula is C14H17N3O2. The van der Waals surface area contributed by atoms with Crippen molar-refractivity contribution in [1.29, 1.82) is 0 Å². The zero-order valence-electron chi connectivity index (χ0n) is 11.1. The number of hydrogen-bond acceptors (Lipinski definition) is 3. The van der Waals surface area contributed by atoms with Gasteiger partial charge in [-0.2, -0.15) is 5.10 Å². The zero-order valence-corrected chi connectivity index (χ0v) is 11.1. The van der Waals surface area contributed by atoms with Crippen molar-refractivity contribution in [2.24, 2.45) is 0 Å². The van der Waals surface area contributed by atoms with E-state index in [0.717, 1.165) is 17.9 Å². The molecule has 5 heteroatoms. The maximum absolute atomic E-state index is 11.9. The molecule has 0 saturated carbocycles. The van der Waals surface area contributed by atoms with Crippen molar-refractivity contribution in [1.82, 2.24) is 15.1 Å². The molecule has 0 bridgehead atoms. The number of hydrogen-bond donors (Lipinski definition) is 1. The van der Waals surface area contributed by atoms with Crippen molar-refractivity contribution in [2.75, 3.05) is 7.11 Å². The van der Waals surface area contributed by atoms with E-state index in [1.165, 1.54) is 0 Å². The van der Waals surface area contributed by atoms with Crippen molar-refractivity contribution < 1.29 is 9.53 Å². The third kappa shape index (κ3) is 3.34.